The molecule has 1 amide bonds. The van der Waals surface area contributed by atoms with E-state index in [2.05, 4.69) is 4.72 Å². The minimum atomic E-state index is -3.79. The van der Waals surface area contributed by atoms with Crippen LogP contribution in [0.15, 0.2) is 17.0 Å². The van der Waals surface area contributed by atoms with Crippen molar-refractivity contribution in [1.29, 1.82) is 0 Å². The van der Waals surface area contributed by atoms with Gasteiger partial charge in [-0.1, -0.05) is 12.1 Å². The molecule has 7 heteroatoms. The molecule has 0 spiro atoms. The molecule has 1 aromatic carbocycles. The molecule has 6 nitrogen and oxygen atoms in total. The maximum atomic E-state index is 12.4. The molecule has 3 N–H and O–H groups in total. The van der Waals surface area contributed by atoms with Crippen LogP contribution >= 0.6 is 0 Å². The average molecular weight is 311 g/mol. The number of nitrogen functional groups attached to an aromatic ring is 1. The molecule has 116 valence electrons. The van der Waals surface area contributed by atoms with E-state index in [9.17, 15) is 13.2 Å². The van der Waals surface area contributed by atoms with Gasteiger partial charge in [0.15, 0.2) is 0 Å². The van der Waals surface area contributed by atoms with Gasteiger partial charge in [0.1, 0.15) is 4.90 Å². The van der Waals surface area contributed by atoms with Gasteiger partial charge in [0.25, 0.3) is 0 Å². The standard InChI is InChI=1S/C14H21N3O3S/c1-10-5-6-11(2)14(13(10)15)21(19,20)16-9-12(18)17-7-3-4-8-17/h5-6,16H,3-4,7-9,15H2,1-2H3. The molecule has 1 aliphatic heterocycles. The summed E-state index contributed by atoms with van der Waals surface area (Å²) in [5, 5.41) is 0. The Kier molecular flexibility index (Phi) is 4.53. The Hall–Kier alpha value is -1.60. The molecule has 0 unspecified atom stereocenters. The summed E-state index contributed by atoms with van der Waals surface area (Å²) in [6.07, 6.45) is 1.95. The third-order valence-electron chi connectivity index (χ3n) is 3.75. The summed E-state index contributed by atoms with van der Waals surface area (Å²) >= 11 is 0. The highest BCUT2D eigenvalue weighted by molar-refractivity contribution is 7.89. The van der Waals surface area contributed by atoms with E-state index in [-0.39, 0.29) is 23.0 Å². The summed E-state index contributed by atoms with van der Waals surface area (Å²) in [4.78, 5) is 13.7. The van der Waals surface area contributed by atoms with Gasteiger partial charge in [-0.15, -0.1) is 0 Å². The second-order valence-electron chi connectivity index (χ2n) is 5.35. The van der Waals surface area contributed by atoms with E-state index < -0.39 is 10.0 Å². The van der Waals surface area contributed by atoms with Gasteiger partial charge in [-0.2, -0.15) is 0 Å². The third-order valence-corrected chi connectivity index (χ3v) is 5.36. The zero-order valence-electron chi connectivity index (χ0n) is 12.3. The van der Waals surface area contributed by atoms with Crippen LogP contribution in [-0.4, -0.2) is 38.9 Å². The highest BCUT2D eigenvalue weighted by Gasteiger charge is 2.24. The van der Waals surface area contributed by atoms with Crippen molar-refractivity contribution in [2.45, 2.75) is 31.6 Å². The summed E-state index contributed by atoms with van der Waals surface area (Å²) in [5.41, 5.74) is 7.39. The van der Waals surface area contributed by atoms with Crippen LogP contribution in [0.2, 0.25) is 0 Å². The minimum absolute atomic E-state index is 0.0664. The fraction of sp³-hybridized carbons (Fsp3) is 0.500. The average Bonchev–Trinajstić information content (AvgIpc) is 2.95. The first-order chi connectivity index (χ1) is 9.83. The van der Waals surface area contributed by atoms with Gasteiger partial charge in [-0.25, -0.2) is 13.1 Å². The first-order valence-corrected chi connectivity index (χ1v) is 8.44. The van der Waals surface area contributed by atoms with Gasteiger partial charge in [0.2, 0.25) is 15.9 Å². The summed E-state index contributed by atoms with van der Waals surface area (Å²) in [6.45, 7) is 4.61. The highest BCUT2D eigenvalue weighted by Crippen LogP contribution is 2.25. The molecule has 0 atom stereocenters. The maximum Gasteiger partial charge on any atom is 0.243 e. The minimum Gasteiger partial charge on any atom is -0.397 e. The normalized spacial score (nSPS) is 15.4. The van der Waals surface area contributed by atoms with Crippen molar-refractivity contribution < 1.29 is 13.2 Å². The predicted molar refractivity (Wildman–Crippen MR) is 81.3 cm³/mol. The molecule has 1 saturated heterocycles. The molecule has 2 rings (SSSR count). The van der Waals surface area contributed by atoms with Gasteiger partial charge in [0, 0.05) is 13.1 Å². The monoisotopic (exact) mass is 311 g/mol. The molecule has 0 aliphatic carbocycles. The van der Waals surface area contributed by atoms with Crippen molar-refractivity contribution in [3.05, 3.63) is 23.3 Å². The van der Waals surface area contributed by atoms with Crippen molar-refractivity contribution in [3.8, 4) is 0 Å². The topological polar surface area (TPSA) is 92.5 Å². The summed E-state index contributed by atoms with van der Waals surface area (Å²) < 4.78 is 27.1. The number of nitrogens with one attached hydrogen (secondary N) is 1. The van der Waals surface area contributed by atoms with Gasteiger partial charge in [0.05, 0.1) is 12.2 Å². The van der Waals surface area contributed by atoms with Gasteiger partial charge in [-0.3, -0.25) is 4.79 Å². The van der Waals surface area contributed by atoms with E-state index in [1.165, 1.54) is 0 Å². The molecule has 0 bridgehead atoms. The van der Waals surface area contributed by atoms with Crippen LogP contribution in [0, 0.1) is 13.8 Å². The summed E-state index contributed by atoms with van der Waals surface area (Å²) in [7, 11) is -3.79. The first kappa shape index (κ1) is 15.8. The van der Waals surface area contributed by atoms with Crippen molar-refractivity contribution >= 4 is 21.6 Å². The van der Waals surface area contributed by atoms with E-state index in [0.717, 1.165) is 12.8 Å². The number of hydrogen-bond donors (Lipinski definition) is 2. The number of likely N-dealkylation sites (tertiary alicyclic amines) is 1. The molecule has 1 fully saturated rings. The lowest BCUT2D eigenvalue weighted by atomic mass is 10.1. The lowest BCUT2D eigenvalue weighted by Gasteiger charge is -2.17. The van der Waals surface area contributed by atoms with E-state index >= 15 is 0 Å². The lowest BCUT2D eigenvalue weighted by Crippen LogP contribution is -2.39. The smallest absolute Gasteiger partial charge is 0.243 e. The Bertz CT molecular complexity index is 650. The molecular formula is C14H21N3O3S. The Balaban J connectivity index is 2.15. The molecule has 0 saturated carbocycles. The largest absolute Gasteiger partial charge is 0.397 e. The molecule has 1 aliphatic rings. The maximum absolute atomic E-state index is 12.4. The van der Waals surface area contributed by atoms with Crippen LogP contribution in [-0.2, 0) is 14.8 Å². The molecule has 21 heavy (non-hydrogen) atoms. The van der Waals surface area contributed by atoms with Crippen LogP contribution in [0.4, 0.5) is 5.69 Å². The number of nitrogens with zero attached hydrogens (tertiary/aromatic N) is 1. The summed E-state index contributed by atoms with van der Waals surface area (Å²) in [5.74, 6) is -0.194. The number of rotatable bonds is 4. The van der Waals surface area contributed by atoms with Gasteiger partial charge >= 0.3 is 0 Å². The van der Waals surface area contributed by atoms with Gasteiger partial charge < -0.3 is 10.6 Å². The Labute approximate surface area is 125 Å². The number of nitrogens with two attached hydrogens (primary N) is 1. The zero-order valence-corrected chi connectivity index (χ0v) is 13.2. The fourth-order valence-electron chi connectivity index (χ4n) is 2.47. The number of benzene rings is 1. The molecule has 1 aromatic rings. The molecule has 0 radical (unpaired) electrons. The second kappa shape index (κ2) is 6.03. The number of anilines is 1. The number of amides is 1. The van der Waals surface area contributed by atoms with Crippen molar-refractivity contribution in [3.63, 3.8) is 0 Å². The van der Waals surface area contributed by atoms with E-state index in [0.29, 0.717) is 24.2 Å². The van der Waals surface area contributed by atoms with Crippen LogP contribution in [0.3, 0.4) is 0 Å². The number of aryl methyl sites for hydroxylation is 2. The molecular weight excluding hydrogens is 290 g/mol. The second-order valence-corrected chi connectivity index (χ2v) is 7.06. The fourth-order valence-corrected chi connectivity index (χ4v) is 3.87. The van der Waals surface area contributed by atoms with Crippen molar-refractivity contribution in [2.24, 2.45) is 0 Å². The summed E-state index contributed by atoms with van der Waals surface area (Å²) in [6, 6.07) is 3.49. The number of carbonyl (C=O) groups excluding carboxylic acids is 1. The SMILES string of the molecule is Cc1ccc(C)c(S(=O)(=O)NCC(=O)N2CCCC2)c1N. The van der Waals surface area contributed by atoms with Crippen LogP contribution in [0.5, 0.6) is 0 Å². The number of sulfonamides is 1. The van der Waals surface area contributed by atoms with E-state index in [4.69, 9.17) is 5.73 Å². The highest BCUT2D eigenvalue weighted by atomic mass is 32.2. The zero-order chi connectivity index (χ0) is 15.6. The Morgan fingerprint density at radius 2 is 1.81 bits per heavy atom. The van der Waals surface area contributed by atoms with Gasteiger partial charge in [-0.05, 0) is 37.8 Å². The van der Waals surface area contributed by atoms with Crippen molar-refractivity contribution in [2.75, 3.05) is 25.4 Å². The van der Waals surface area contributed by atoms with Crippen LogP contribution < -0.4 is 10.5 Å². The Morgan fingerprint density at radius 1 is 1.24 bits per heavy atom. The van der Waals surface area contributed by atoms with Crippen LogP contribution in [0.1, 0.15) is 24.0 Å². The van der Waals surface area contributed by atoms with E-state index in [1.54, 1.807) is 30.9 Å². The first-order valence-electron chi connectivity index (χ1n) is 6.96. The quantitative estimate of drug-likeness (QED) is 0.804. The predicted octanol–water partition coefficient (Wildman–Crippen LogP) is 0.786. The number of carbonyl (C=O) groups is 1. The molecule has 1 heterocycles. The third kappa shape index (κ3) is 3.36. The van der Waals surface area contributed by atoms with Crippen LogP contribution in [0.25, 0.3) is 0 Å². The Morgan fingerprint density at radius 3 is 2.43 bits per heavy atom. The number of hydrogen-bond acceptors (Lipinski definition) is 4. The van der Waals surface area contributed by atoms with E-state index in [1.807, 2.05) is 0 Å². The molecule has 0 aromatic heterocycles. The van der Waals surface area contributed by atoms with Crippen molar-refractivity contribution in [1.82, 2.24) is 9.62 Å². The lowest BCUT2D eigenvalue weighted by molar-refractivity contribution is -0.128.